The zero-order chi connectivity index (χ0) is 13.7. The number of nitro benzene ring substituents is 1. The monoisotopic (exact) mass is 251 g/mol. The van der Waals surface area contributed by atoms with Crippen molar-refractivity contribution in [3.63, 3.8) is 0 Å². The van der Waals surface area contributed by atoms with Crippen LogP contribution in [0.2, 0.25) is 0 Å². The van der Waals surface area contributed by atoms with Crippen molar-refractivity contribution in [3.8, 4) is 5.75 Å². The molecule has 1 atom stereocenters. The smallest absolute Gasteiger partial charge is 0.270 e. The molecule has 0 fully saturated rings. The third-order valence-electron chi connectivity index (χ3n) is 2.59. The van der Waals surface area contributed by atoms with Gasteiger partial charge in [-0.3, -0.25) is 10.1 Å². The number of non-ortho nitro benzene ring substituents is 1. The Morgan fingerprint density at radius 2 is 2.28 bits per heavy atom. The quantitative estimate of drug-likeness (QED) is 0.479. The number of aliphatic hydroxyl groups excluding tert-OH is 1. The molecule has 1 aromatic carbocycles. The second-order valence-electron chi connectivity index (χ2n) is 4.05. The van der Waals surface area contributed by atoms with Gasteiger partial charge >= 0.3 is 0 Å². The van der Waals surface area contributed by atoms with Crippen LogP contribution in [-0.2, 0) is 0 Å². The van der Waals surface area contributed by atoms with Crippen LogP contribution in [0.25, 0.3) is 0 Å². The van der Waals surface area contributed by atoms with E-state index >= 15 is 0 Å². The number of hydrogen-bond donors (Lipinski definition) is 1. The predicted molar refractivity (Wildman–Crippen MR) is 68.7 cm³/mol. The van der Waals surface area contributed by atoms with E-state index in [9.17, 15) is 15.2 Å². The van der Waals surface area contributed by atoms with Gasteiger partial charge in [-0.1, -0.05) is 13.5 Å². The van der Waals surface area contributed by atoms with Gasteiger partial charge in [-0.05, 0) is 25.0 Å². The minimum atomic E-state index is -0.824. The highest BCUT2D eigenvalue weighted by atomic mass is 16.6. The maximum atomic E-state index is 10.7. The summed E-state index contributed by atoms with van der Waals surface area (Å²) in [6, 6.07) is 4.19. The van der Waals surface area contributed by atoms with Crippen LogP contribution in [0.1, 0.15) is 31.9 Å². The lowest BCUT2D eigenvalue weighted by Crippen LogP contribution is -2.04. The average molecular weight is 251 g/mol. The Morgan fingerprint density at radius 1 is 1.61 bits per heavy atom. The molecule has 98 valence electrons. The first-order chi connectivity index (χ1) is 8.45. The average Bonchev–Trinajstić information content (AvgIpc) is 2.35. The van der Waals surface area contributed by atoms with Crippen molar-refractivity contribution in [2.24, 2.45) is 0 Å². The molecule has 0 aromatic heterocycles. The molecule has 5 heteroatoms. The van der Waals surface area contributed by atoms with Gasteiger partial charge in [-0.15, -0.1) is 0 Å². The van der Waals surface area contributed by atoms with Crippen LogP contribution in [-0.4, -0.2) is 16.6 Å². The molecule has 0 saturated carbocycles. The summed E-state index contributed by atoms with van der Waals surface area (Å²) in [6.45, 7) is 7.67. The van der Waals surface area contributed by atoms with Crippen LogP contribution in [0.15, 0.2) is 30.4 Å². The van der Waals surface area contributed by atoms with Crippen LogP contribution in [0.3, 0.4) is 0 Å². The second kappa shape index (κ2) is 6.16. The van der Waals surface area contributed by atoms with Crippen molar-refractivity contribution < 1.29 is 14.8 Å². The fourth-order valence-corrected chi connectivity index (χ4v) is 1.39. The van der Waals surface area contributed by atoms with Crippen LogP contribution >= 0.6 is 0 Å². The Kier molecular flexibility index (Phi) is 4.85. The first kappa shape index (κ1) is 14.2. The molecule has 0 spiro atoms. The number of ether oxygens (including phenoxy) is 1. The van der Waals surface area contributed by atoms with Gasteiger partial charge in [0.05, 0.1) is 11.0 Å². The minimum absolute atomic E-state index is 0.0624. The molecule has 1 N–H and O–H groups in total. The number of rotatable bonds is 6. The Labute approximate surface area is 106 Å². The molecule has 5 nitrogen and oxygen atoms in total. The lowest BCUT2D eigenvalue weighted by Gasteiger charge is -2.13. The molecule has 18 heavy (non-hydrogen) atoms. The molecule has 1 aromatic rings. The van der Waals surface area contributed by atoms with E-state index in [1.807, 2.05) is 6.92 Å². The zero-order valence-corrected chi connectivity index (χ0v) is 10.5. The molecule has 0 aliphatic heterocycles. The Morgan fingerprint density at radius 3 is 2.78 bits per heavy atom. The van der Waals surface area contributed by atoms with Gasteiger partial charge in [0.15, 0.2) is 0 Å². The van der Waals surface area contributed by atoms with Crippen molar-refractivity contribution >= 4 is 5.69 Å². The van der Waals surface area contributed by atoms with Crippen molar-refractivity contribution in [1.82, 2.24) is 0 Å². The third-order valence-corrected chi connectivity index (χ3v) is 2.59. The highest BCUT2D eigenvalue weighted by molar-refractivity contribution is 5.44. The van der Waals surface area contributed by atoms with E-state index in [-0.39, 0.29) is 5.69 Å². The van der Waals surface area contributed by atoms with Crippen molar-refractivity contribution in [1.29, 1.82) is 0 Å². The van der Waals surface area contributed by atoms with Gasteiger partial charge in [0.1, 0.15) is 12.4 Å². The molecule has 0 aliphatic rings. The van der Waals surface area contributed by atoms with E-state index in [4.69, 9.17) is 4.74 Å². The zero-order valence-electron chi connectivity index (χ0n) is 10.5. The standard InChI is InChI=1S/C13H17NO4/c1-4-9(2)8-18-13-6-5-11(14(16)17)7-12(13)10(3)15/h5-7,10,15H,2,4,8H2,1,3H3. The van der Waals surface area contributed by atoms with Gasteiger partial charge < -0.3 is 9.84 Å². The van der Waals surface area contributed by atoms with Gasteiger partial charge in [0, 0.05) is 17.7 Å². The minimum Gasteiger partial charge on any atom is -0.489 e. The maximum Gasteiger partial charge on any atom is 0.270 e. The van der Waals surface area contributed by atoms with E-state index in [0.717, 1.165) is 12.0 Å². The summed E-state index contributed by atoms with van der Waals surface area (Å²) < 4.78 is 5.50. The largest absolute Gasteiger partial charge is 0.489 e. The molecular formula is C13H17NO4. The normalized spacial score (nSPS) is 11.9. The van der Waals surface area contributed by atoms with E-state index in [0.29, 0.717) is 17.9 Å². The van der Waals surface area contributed by atoms with E-state index in [2.05, 4.69) is 6.58 Å². The highest BCUT2D eigenvalue weighted by Crippen LogP contribution is 2.29. The second-order valence-corrected chi connectivity index (χ2v) is 4.05. The van der Waals surface area contributed by atoms with E-state index in [1.165, 1.54) is 18.2 Å². The fourth-order valence-electron chi connectivity index (χ4n) is 1.39. The number of aliphatic hydroxyl groups is 1. The molecule has 1 unspecified atom stereocenters. The Hall–Kier alpha value is -1.88. The summed E-state index contributed by atoms with van der Waals surface area (Å²) in [5.41, 5.74) is 1.27. The van der Waals surface area contributed by atoms with Crippen molar-refractivity contribution in [2.75, 3.05) is 6.61 Å². The van der Waals surface area contributed by atoms with Crippen LogP contribution in [0.4, 0.5) is 5.69 Å². The topological polar surface area (TPSA) is 72.6 Å². The third kappa shape index (κ3) is 3.56. The number of nitrogens with zero attached hydrogens (tertiary/aromatic N) is 1. The van der Waals surface area contributed by atoms with Crippen LogP contribution < -0.4 is 4.74 Å². The van der Waals surface area contributed by atoms with Crippen molar-refractivity contribution in [3.05, 3.63) is 46.0 Å². The number of hydrogen-bond acceptors (Lipinski definition) is 4. The molecule has 0 bridgehead atoms. The first-order valence-corrected chi connectivity index (χ1v) is 5.71. The summed E-state index contributed by atoms with van der Waals surface area (Å²) in [6.07, 6.45) is -0.0217. The van der Waals surface area contributed by atoms with Crippen LogP contribution in [0.5, 0.6) is 5.75 Å². The molecule has 1 rings (SSSR count). The lowest BCUT2D eigenvalue weighted by molar-refractivity contribution is -0.385. The molecule has 0 amide bonds. The number of benzene rings is 1. The predicted octanol–water partition coefficient (Wildman–Crippen LogP) is 2.99. The molecule has 0 radical (unpaired) electrons. The van der Waals surface area contributed by atoms with Gasteiger partial charge in [0.2, 0.25) is 0 Å². The highest BCUT2D eigenvalue weighted by Gasteiger charge is 2.15. The van der Waals surface area contributed by atoms with E-state index < -0.39 is 11.0 Å². The molecule has 0 aliphatic carbocycles. The van der Waals surface area contributed by atoms with Crippen LogP contribution in [0, 0.1) is 10.1 Å². The summed E-state index contributed by atoms with van der Waals surface area (Å²) in [4.78, 5) is 10.2. The van der Waals surface area contributed by atoms with E-state index in [1.54, 1.807) is 6.92 Å². The molecule has 0 heterocycles. The first-order valence-electron chi connectivity index (χ1n) is 5.71. The van der Waals surface area contributed by atoms with Gasteiger partial charge in [-0.2, -0.15) is 0 Å². The Balaban J connectivity index is 2.97. The number of nitro groups is 1. The summed E-state index contributed by atoms with van der Waals surface area (Å²) in [5, 5.41) is 20.3. The Bertz CT molecular complexity index is 454. The summed E-state index contributed by atoms with van der Waals surface area (Å²) in [5.74, 6) is 0.449. The summed E-state index contributed by atoms with van der Waals surface area (Å²) >= 11 is 0. The molecule has 0 saturated heterocycles. The van der Waals surface area contributed by atoms with Gasteiger partial charge in [0.25, 0.3) is 5.69 Å². The summed E-state index contributed by atoms with van der Waals surface area (Å²) in [7, 11) is 0. The van der Waals surface area contributed by atoms with Gasteiger partial charge in [-0.25, -0.2) is 0 Å². The molecular weight excluding hydrogens is 234 g/mol. The lowest BCUT2D eigenvalue weighted by atomic mass is 10.1. The fraction of sp³-hybridized carbons (Fsp3) is 0.385. The maximum absolute atomic E-state index is 10.7. The SMILES string of the molecule is C=C(CC)COc1ccc([N+](=O)[O-])cc1C(C)O. The van der Waals surface area contributed by atoms with Crippen molar-refractivity contribution in [2.45, 2.75) is 26.4 Å².